The molecule has 0 aromatic heterocycles. The molecule has 13 heavy (non-hydrogen) atoms. The number of rotatable bonds is 2. The van der Waals surface area contributed by atoms with Crippen LogP contribution in [0, 0.1) is 5.92 Å². The normalized spacial score (nSPS) is 22.0. The number of amides is 2. The van der Waals surface area contributed by atoms with Gasteiger partial charge in [0.1, 0.15) is 0 Å². The van der Waals surface area contributed by atoms with E-state index >= 15 is 0 Å². The first-order valence-corrected chi connectivity index (χ1v) is 3.66. The number of hydrogen-bond acceptors (Lipinski definition) is 3. The predicted molar refractivity (Wildman–Crippen MR) is 49.8 cm³/mol. The zero-order valence-electron chi connectivity index (χ0n) is 6.95. The van der Waals surface area contributed by atoms with Crippen molar-refractivity contribution in [3.05, 3.63) is 11.8 Å². The van der Waals surface area contributed by atoms with Gasteiger partial charge in [-0.1, -0.05) is 0 Å². The minimum absolute atomic E-state index is 0. The van der Waals surface area contributed by atoms with Crippen molar-refractivity contribution in [1.29, 1.82) is 0 Å². The number of hydrogen-bond donors (Lipinski definition) is 3. The van der Waals surface area contributed by atoms with Gasteiger partial charge in [-0.3, -0.25) is 9.59 Å². The Balaban J connectivity index is 0.00000144. The summed E-state index contributed by atoms with van der Waals surface area (Å²) in [4.78, 5) is 21.5. The van der Waals surface area contributed by atoms with E-state index in [0.717, 1.165) is 0 Å². The predicted octanol–water partition coefficient (Wildman–Crippen LogP) is -1.13. The molecule has 1 aliphatic rings. The molecule has 0 unspecified atom stereocenters. The second-order valence-corrected chi connectivity index (χ2v) is 2.67. The Morgan fingerprint density at radius 1 is 1.54 bits per heavy atom. The third-order valence-corrected chi connectivity index (χ3v) is 1.76. The molecular formula is C7H12ClN3O2. The molecule has 1 rings (SSSR count). The van der Waals surface area contributed by atoms with Gasteiger partial charge in [0, 0.05) is 6.54 Å². The summed E-state index contributed by atoms with van der Waals surface area (Å²) in [6, 6.07) is 0. The van der Waals surface area contributed by atoms with Crippen LogP contribution in [0.2, 0.25) is 0 Å². The molecule has 1 aliphatic heterocycles. The first-order chi connectivity index (χ1) is 5.61. The molecular weight excluding hydrogens is 194 g/mol. The van der Waals surface area contributed by atoms with Gasteiger partial charge in [-0.25, -0.2) is 0 Å². The Kier molecular flexibility index (Phi) is 4.27. The molecule has 0 saturated carbocycles. The average molecular weight is 206 g/mol. The summed E-state index contributed by atoms with van der Waals surface area (Å²) in [5.74, 6) is -1.08. The van der Waals surface area contributed by atoms with Crippen molar-refractivity contribution in [3.63, 3.8) is 0 Å². The van der Waals surface area contributed by atoms with E-state index in [2.05, 4.69) is 5.32 Å². The van der Waals surface area contributed by atoms with Crippen molar-refractivity contribution >= 4 is 24.2 Å². The molecule has 6 heteroatoms. The van der Waals surface area contributed by atoms with Crippen LogP contribution in [0.1, 0.15) is 6.42 Å². The van der Waals surface area contributed by atoms with Gasteiger partial charge in [0.05, 0.1) is 11.6 Å². The van der Waals surface area contributed by atoms with Crippen LogP contribution in [-0.4, -0.2) is 18.4 Å². The Bertz CT molecular complexity index is 252. The van der Waals surface area contributed by atoms with E-state index in [1.54, 1.807) is 0 Å². The number of carbonyl (C=O) groups excluding carboxylic acids is 2. The minimum atomic E-state index is -0.685. The van der Waals surface area contributed by atoms with Gasteiger partial charge in [0.25, 0.3) is 5.91 Å². The van der Waals surface area contributed by atoms with Crippen molar-refractivity contribution in [2.45, 2.75) is 6.42 Å². The van der Waals surface area contributed by atoms with Crippen molar-refractivity contribution in [3.8, 4) is 0 Å². The molecule has 0 bridgehead atoms. The fourth-order valence-electron chi connectivity index (χ4n) is 1.07. The Hall–Kier alpha value is -1.23. The highest BCUT2D eigenvalue weighted by Gasteiger charge is 2.22. The fourth-order valence-corrected chi connectivity index (χ4v) is 1.07. The van der Waals surface area contributed by atoms with E-state index in [1.807, 2.05) is 0 Å². The largest absolute Gasteiger partial charge is 0.395 e. The molecule has 0 aliphatic carbocycles. The number of primary amides is 1. The maximum Gasteiger partial charge on any atom is 0.264 e. The lowest BCUT2D eigenvalue weighted by atomic mass is 10.1. The van der Waals surface area contributed by atoms with Gasteiger partial charge in [-0.2, -0.15) is 0 Å². The summed E-state index contributed by atoms with van der Waals surface area (Å²) in [6.07, 6.45) is 2.08. The standard InChI is InChI=1S/C7H11N3O2.ClH/c8-5(6(9)11)3-4-1-2-10-7(4)12;/h3-4H,1-2,8H2,(H2,9,11)(H,10,12);1H/t4-;/m0./s1. The van der Waals surface area contributed by atoms with E-state index < -0.39 is 5.91 Å². The summed E-state index contributed by atoms with van der Waals surface area (Å²) in [7, 11) is 0. The lowest BCUT2D eigenvalue weighted by molar-refractivity contribution is -0.121. The van der Waals surface area contributed by atoms with Crippen molar-refractivity contribution in [2.75, 3.05) is 6.54 Å². The third-order valence-electron chi connectivity index (χ3n) is 1.76. The number of nitrogens with two attached hydrogens (primary N) is 2. The smallest absolute Gasteiger partial charge is 0.264 e. The Morgan fingerprint density at radius 2 is 2.15 bits per heavy atom. The van der Waals surface area contributed by atoms with Crippen molar-refractivity contribution in [1.82, 2.24) is 5.32 Å². The Morgan fingerprint density at radius 3 is 2.54 bits per heavy atom. The zero-order chi connectivity index (χ0) is 9.14. The molecule has 1 atom stereocenters. The van der Waals surface area contributed by atoms with Crippen LogP contribution in [0.4, 0.5) is 0 Å². The molecule has 0 radical (unpaired) electrons. The van der Waals surface area contributed by atoms with Gasteiger partial charge in [0.15, 0.2) is 0 Å². The average Bonchev–Trinajstić information content (AvgIpc) is 2.36. The summed E-state index contributed by atoms with van der Waals surface area (Å²) < 4.78 is 0. The first-order valence-electron chi connectivity index (χ1n) is 3.66. The lowest BCUT2D eigenvalue weighted by Crippen LogP contribution is -2.23. The number of nitrogens with one attached hydrogen (secondary N) is 1. The van der Waals surface area contributed by atoms with Crippen molar-refractivity contribution < 1.29 is 9.59 Å². The molecule has 0 spiro atoms. The summed E-state index contributed by atoms with van der Waals surface area (Å²) >= 11 is 0. The number of halogens is 1. The molecule has 5 N–H and O–H groups in total. The maximum absolute atomic E-state index is 11.0. The van der Waals surface area contributed by atoms with Crippen molar-refractivity contribution in [2.24, 2.45) is 17.4 Å². The van der Waals surface area contributed by atoms with E-state index in [4.69, 9.17) is 11.5 Å². The quantitative estimate of drug-likeness (QED) is 0.498. The second kappa shape index (κ2) is 4.71. The van der Waals surface area contributed by atoms with E-state index in [0.29, 0.717) is 13.0 Å². The van der Waals surface area contributed by atoms with Gasteiger partial charge < -0.3 is 16.8 Å². The molecule has 2 amide bonds. The SMILES string of the molecule is Cl.NC(=O)C(N)=C[C@@H]1CCNC1=O. The molecule has 1 saturated heterocycles. The molecule has 1 fully saturated rings. The minimum Gasteiger partial charge on any atom is -0.395 e. The van der Waals surface area contributed by atoms with Crippen LogP contribution in [0.5, 0.6) is 0 Å². The summed E-state index contributed by atoms with van der Waals surface area (Å²) in [5, 5.41) is 2.62. The highest BCUT2D eigenvalue weighted by atomic mass is 35.5. The van der Waals surface area contributed by atoms with E-state index in [9.17, 15) is 9.59 Å². The molecule has 0 aromatic rings. The van der Waals surface area contributed by atoms with Crippen LogP contribution in [0.3, 0.4) is 0 Å². The van der Waals surface area contributed by atoms with Crippen LogP contribution in [-0.2, 0) is 9.59 Å². The van der Waals surface area contributed by atoms with Crippen LogP contribution in [0.15, 0.2) is 11.8 Å². The lowest BCUT2D eigenvalue weighted by Gasteiger charge is -1.99. The first kappa shape index (κ1) is 11.8. The highest BCUT2D eigenvalue weighted by molar-refractivity contribution is 5.92. The van der Waals surface area contributed by atoms with Gasteiger partial charge in [0.2, 0.25) is 5.91 Å². The Labute approximate surface area is 81.9 Å². The molecule has 1 heterocycles. The monoisotopic (exact) mass is 205 g/mol. The molecule has 74 valence electrons. The summed E-state index contributed by atoms with van der Waals surface area (Å²) in [6.45, 7) is 0.631. The molecule has 5 nitrogen and oxygen atoms in total. The third kappa shape index (κ3) is 2.95. The van der Waals surface area contributed by atoms with Gasteiger partial charge in [-0.15, -0.1) is 12.4 Å². The fraction of sp³-hybridized carbons (Fsp3) is 0.429. The highest BCUT2D eigenvalue weighted by Crippen LogP contribution is 2.11. The second-order valence-electron chi connectivity index (χ2n) is 2.67. The van der Waals surface area contributed by atoms with Crippen LogP contribution >= 0.6 is 12.4 Å². The molecule has 0 aromatic carbocycles. The zero-order valence-corrected chi connectivity index (χ0v) is 7.76. The summed E-state index contributed by atoms with van der Waals surface area (Å²) in [5.41, 5.74) is 10.1. The van der Waals surface area contributed by atoms with E-state index in [1.165, 1.54) is 6.08 Å². The van der Waals surface area contributed by atoms with Crippen LogP contribution in [0.25, 0.3) is 0 Å². The maximum atomic E-state index is 11.0. The van der Waals surface area contributed by atoms with Crippen LogP contribution < -0.4 is 16.8 Å². The van der Waals surface area contributed by atoms with Gasteiger partial charge >= 0.3 is 0 Å². The van der Waals surface area contributed by atoms with Gasteiger partial charge in [-0.05, 0) is 12.5 Å². The van der Waals surface area contributed by atoms with E-state index in [-0.39, 0.29) is 29.9 Å². The topological polar surface area (TPSA) is 98.2 Å². The number of carbonyl (C=O) groups is 2.